The molecule has 6 nitrogen and oxygen atoms in total. The number of rotatable bonds is 4. The molecule has 0 bridgehead atoms. The van der Waals surface area contributed by atoms with Gasteiger partial charge >= 0.3 is 5.97 Å². The highest BCUT2D eigenvalue weighted by Crippen LogP contribution is 2.34. The van der Waals surface area contributed by atoms with Crippen LogP contribution >= 0.6 is 11.6 Å². The van der Waals surface area contributed by atoms with E-state index in [0.29, 0.717) is 18.4 Å². The molecule has 0 saturated carbocycles. The van der Waals surface area contributed by atoms with E-state index in [9.17, 15) is 18.3 Å². The van der Waals surface area contributed by atoms with Crippen LogP contribution in [-0.2, 0) is 19.6 Å². The van der Waals surface area contributed by atoms with E-state index in [0.717, 1.165) is 4.31 Å². The van der Waals surface area contributed by atoms with Crippen LogP contribution in [0.3, 0.4) is 0 Å². The standard InChI is InChI=1S/C14H18ClNO5S/c1-9-5-3-7-11(15)12(9)22(19,20)16-8-4-6-10(14(17)18)13(16)21-2/h3,5,7,10,13H,4,6,8H2,1-2H3,(H,17,18). The van der Waals surface area contributed by atoms with Gasteiger partial charge in [-0.05, 0) is 31.4 Å². The summed E-state index contributed by atoms with van der Waals surface area (Å²) in [5, 5.41) is 9.39. The van der Waals surface area contributed by atoms with Crippen molar-refractivity contribution in [3.8, 4) is 0 Å². The second kappa shape index (κ2) is 6.54. The van der Waals surface area contributed by atoms with Crippen molar-refractivity contribution in [2.45, 2.75) is 30.9 Å². The maximum atomic E-state index is 12.9. The normalized spacial score (nSPS) is 23.4. The molecule has 1 saturated heterocycles. The predicted octanol–water partition coefficient (Wildman–Crippen LogP) is 2.11. The number of piperidine rings is 1. The number of benzene rings is 1. The quantitative estimate of drug-likeness (QED) is 0.901. The number of carboxylic acid groups (broad SMARTS) is 1. The summed E-state index contributed by atoms with van der Waals surface area (Å²) in [6.07, 6.45) is -0.201. The highest BCUT2D eigenvalue weighted by molar-refractivity contribution is 7.89. The first kappa shape index (κ1) is 17.2. The number of nitrogens with zero attached hydrogens (tertiary/aromatic N) is 1. The molecule has 2 rings (SSSR count). The number of ether oxygens (including phenoxy) is 1. The van der Waals surface area contributed by atoms with Gasteiger partial charge in [0.15, 0.2) is 0 Å². The molecular weight excluding hydrogens is 330 g/mol. The number of methoxy groups -OCH3 is 1. The molecule has 1 heterocycles. The van der Waals surface area contributed by atoms with Crippen molar-refractivity contribution in [1.82, 2.24) is 4.31 Å². The smallest absolute Gasteiger partial charge is 0.310 e. The third-order valence-electron chi connectivity index (χ3n) is 3.81. The molecule has 22 heavy (non-hydrogen) atoms. The van der Waals surface area contributed by atoms with Crippen molar-refractivity contribution in [1.29, 1.82) is 0 Å². The molecule has 2 unspecified atom stereocenters. The minimum Gasteiger partial charge on any atom is -0.481 e. The SMILES string of the molecule is COC1C(C(=O)O)CCCN1S(=O)(=O)c1c(C)cccc1Cl. The maximum absolute atomic E-state index is 12.9. The zero-order valence-corrected chi connectivity index (χ0v) is 13.9. The summed E-state index contributed by atoms with van der Waals surface area (Å²) in [5.41, 5.74) is 0.514. The molecule has 0 amide bonds. The van der Waals surface area contributed by atoms with E-state index in [1.165, 1.54) is 13.2 Å². The summed E-state index contributed by atoms with van der Waals surface area (Å²) in [5.74, 6) is -1.96. The van der Waals surface area contributed by atoms with Gasteiger partial charge in [-0.25, -0.2) is 8.42 Å². The minimum absolute atomic E-state index is 0.00440. The number of carbonyl (C=O) groups is 1. The van der Waals surface area contributed by atoms with Crippen LogP contribution in [0.15, 0.2) is 23.1 Å². The first-order chi connectivity index (χ1) is 10.3. The van der Waals surface area contributed by atoms with Crippen molar-refractivity contribution < 1.29 is 23.1 Å². The Morgan fingerprint density at radius 3 is 2.68 bits per heavy atom. The van der Waals surface area contributed by atoms with Gasteiger partial charge < -0.3 is 9.84 Å². The Kier molecular flexibility index (Phi) is 5.11. The van der Waals surface area contributed by atoms with Crippen LogP contribution in [0.4, 0.5) is 0 Å². The number of aliphatic carboxylic acids is 1. The molecule has 0 aromatic heterocycles. The van der Waals surface area contributed by atoms with Gasteiger partial charge in [-0.3, -0.25) is 4.79 Å². The fourth-order valence-electron chi connectivity index (χ4n) is 2.78. The lowest BCUT2D eigenvalue weighted by Gasteiger charge is -2.37. The minimum atomic E-state index is -3.94. The van der Waals surface area contributed by atoms with Crippen molar-refractivity contribution in [3.63, 3.8) is 0 Å². The predicted molar refractivity (Wildman–Crippen MR) is 81.2 cm³/mol. The lowest BCUT2D eigenvalue weighted by Crippen LogP contribution is -2.51. The molecule has 0 radical (unpaired) electrons. The lowest BCUT2D eigenvalue weighted by molar-refractivity contribution is -0.154. The molecule has 1 aromatic carbocycles. The van der Waals surface area contributed by atoms with Gasteiger partial charge in [0, 0.05) is 13.7 Å². The van der Waals surface area contributed by atoms with Crippen LogP contribution in [-0.4, -0.2) is 43.7 Å². The second-order valence-corrected chi connectivity index (χ2v) is 7.45. The molecule has 0 spiro atoms. The van der Waals surface area contributed by atoms with Crippen LogP contribution in [0.25, 0.3) is 0 Å². The van der Waals surface area contributed by atoms with Crippen LogP contribution in [0.1, 0.15) is 18.4 Å². The van der Waals surface area contributed by atoms with E-state index in [1.54, 1.807) is 19.1 Å². The largest absolute Gasteiger partial charge is 0.481 e. The molecule has 8 heteroatoms. The van der Waals surface area contributed by atoms with Crippen molar-refractivity contribution in [2.24, 2.45) is 5.92 Å². The Labute approximate surface area is 134 Å². The van der Waals surface area contributed by atoms with E-state index < -0.39 is 28.1 Å². The van der Waals surface area contributed by atoms with E-state index in [-0.39, 0.29) is 16.5 Å². The number of hydrogen-bond acceptors (Lipinski definition) is 4. The summed E-state index contributed by atoms with van der Waals surface area (Å²) in [6, 6.07) is 4.82. The molecule has 1 N–H and O–H groups in total. The van der Waals surface area contributed by atoms with Crippen LogP contribution in [0.5, 0.6) is 0 Å². The first-order valence-corrected chi connectivity index (χ1v) is 8.65. The third-order valence-corrected chi connectivity index (χ3v) is 6.30. The number of aryl methyl sites for hydroxylation is 1. The molecule has 1 fully saturated rings. The van der Waals surface area contributed by atoms with Gasteiger partial charge in [0.2, 0.25) is 10.0 Å². The molecule has 1 aliphatic heterocycles. The summed E-state index contributed by atoms with van der Waals surface area (Å²) in [6.45, 7) is 1.86. The molecule has 2 atom stereocenters. The maximum Gasteiger partial charge on any atom is 0.310 e. The van der Waals surface area contributed by atoms with Crippen molar-refractivity contribution in [2.75, 3.05) is 13.7 Å². The van der Waals surface area contributed by atoms with Crippen LogP contribution < -0.4 is 0 Å². The average Bonchev–Trinajstić information content (AvgIpc) is 2.45. The highest BCUT2D eigenvalue weighted by atomic mass is 35.5. The monoisotopic (exact) mass is 347 g/mol. The summed E-state index contributed by atoms with van der Waals surface area (Å²) < 4.78 is 32.2. The van der Waals surface area contributed by atoms with E-state index in [2.05, 4.69) is 0 Å². The third kappa shape index (κ3) is 2.99. The summed E-state index contributed by atoms with van der Waals surface area (Å²) in [7, 11) is -2.62. The Hall–Kier alpha value is -1.15. The Morgan fingerprint density at radius 2 is 2.14 bits per heavy atom. The Balaban J connectivity index is 2.50. The molecule has 1 aliphatic rings. The Morgan fingerprint density at radius 1 is 1.45 bits per heavy atom. The number of sulfonamides is 1. The lowest BCUT2D eigenvalue weighted by atomic mass is 9.98. The molecule has 1 aromatic rings. The van der Waals surface area contributed by atoms with E-state index in [4.69, 9.17) is 16.3 Å². The highest BCUT2D eigenvalue weighted by Gasteiger charge is 2.43. The number of carboxylic acids is 1. The fraction of sp³-hybridized carbons (Fsp3) is 0.500. The van der Waals surface area contributed by atoms with Crippen LogP contribution in [0, 0.1) is 12.8 Å². The molecule has 0 aliphatic carbocycles. The van der Waals surface area contributed by atoms with Crippen molar-refractivity contribution >= 4 is 27.6 Å². The van der Waals surface area contributed by atoms with Gasteiger partial charge in [-0.1, -0.05) is 23.7 Å². The molecular formula is C14H18ClNO5S. The van der Waals surface area contributed by atoms with Gasteiger partial charge in [-0.2, -0.15) is 4.31 Å². The summed E-state index contributed by atoms with van der Waals surface area (Å²) in [4.78, 5) is 11.3. The van der Waals surface area contributed by atoms with Gasteiger partial charge in [0.25, 0.3) is 0 Å². The first-order valence-electron chi connectivity index (χ1n) is 6.83. The van der Waals surface area contributed by atoms with E-state index in [1.807, 2.05) is 0 Å². The van der Waals surface area contributed by atoms with Gasteiger partial charge in [0.05, 0.1) is 10.9 Å². The number of hydrogen-bond donors (Lipinski definition) is 1. The van der Waals surface area contributed by atoms with Gasteiger partial charge in [0.1, 0.15) is 11.1 Å². The zero-order chi connectivity index (χ0) is 16.5. The fourth-order valence-corrected chi connectivity index (χ4v) is 5.20. The summed E-state index contributed by atoms with van der Waals surface area (Å²) >= 11 is 6.06. The second-order valence-electron chi connectivity index (χ2n) is 5.21. The molecule has 122 valence electrons. The van der Waals surface area contributed by atoms with Crippen LogP contribution in [0.2, 0.25) is 5.02 Å². The van der Waals surface area contributed by atoms with Crippen molar-refractivity contribution in [3.05, 3.63) is 28.8 Å². The average molecular weight is 348 g/mol. The van der Waals surface area contributed by atoms with E-state index >= 15 is 0 Å². The topological polar surface area (TPSA) is 83.9 Å². The zero-order valence-electron chi connectivity index (χ0n) is 12.3. The van der Waals surface area contributed by atoms with Gasteiger partial charge in [-0.15, -0.1) is 0 Å². The number of halogens is 1. The Bertz CT molecular complexity index is 656.